The molecule has 0 bridgehead atoms. The van der Waals surface area contributed by atoms with Gasteiger partial charge in [0.25, 0.3) is 0 Å². The van der Waals surface area contributed by atoms with Crippen LogP contribution in [0.2, 0.25) is 0 Å². The average molecular weight is 263 g/mol. The van der Waals surface area contributed by atoms with Gasteiger partial charge in [-0.3, -0.25) is 0 Å². The molecule has 0 amide bonds. The van der Waals surface area contributed by atoms with Crippen LogP contribution in [0.25, 0.3) is 0 Å². The molecule has 1 atom stereocenters. The molecule has 0 spiro atoms. The van der Waals surface area contributed by atoms with Gasteiger partial charge in [0.05, 0.1) is 19.8 Å². The number of hydrogen-bond donors (Lipinski definition) is 1. The summed E-state index contributed by atoms with van der Waals surface area (Å²) in [7, 11) is 3.46. The Bertz CT molecular complexity index is 379. The molecule has 1 saturated carbocycles. The first-order valence-corrected chi connectivity index (χ1v) is 7.26. The molecule has 1 aromatic carbocycles. The molecule has 1 aromatic rings. The second kappa shape index (κ2) is 6.80. The van der Waals surface area contributed by atoms with Crippen LogP contribution in [-0.2, 0) is 0 Å². The molecule has 1 unspecified atom stereocenters. The van der Waals surface area contributed by atoms with Crippen molar-refractivity contribution in [3.63, 3.8) is 0 Å². The Morgan fingerprint density at radius 3 is 2.26 bits per heavy atom. The highest BCUT2D eigenvalue weighted by Gasteiger charge is 2.32. The van der Waals surface area contributed by atoms with Crippen molar-refractivity contribution in [1.82, 2.24) is 5.32 Å². The molecule has 1 aliphatic carbocycles. The van der Waals surface area contributed by atoms with Crippen LogP contribution >= 0.6 is 0 Å². The lowest BCUT2D eigenvalue weighted by Crippen LogP contribution is -2.33. The summed E-state index contributed by atoms with van der Waals surface area (Å²) in [5.41, 5.74) is 1.19. The van der Waals surface area contributed by atoms with Gasteiger partial charge in [-0.05, 0) is 43.9 Å². The zero-order chi connectivity index (χ0) is 13.7. The van der Waals surface area contributed by atoms with E-state index in [9.17, 15) is 0 Å². The van der Waals surface area contributed by atoms with Gasteiger partial charge in [-0.25, -0.2) is 0 Å². The largest absolute Gasteiger partial charge is 0.496 e. The van der Waals surface area contributed by atoms with Crippen molar-refractivity contribution in [2.75, 3.05) is 20.8 Å². The Morgan fingerprint density at radius 2 is 1.84 bits per heavy atom. The summed E-state index contributed by atoms with van der Waals surface area (Å²) < 4.78 is 11.1. The molecule has 2 rings (SSSR count). The first-order valence-electron chi connectivity index (χ1n) is 7.26. The van der Waals surface area contributed by atoms with Gasteiger partial charge in [-0.1, -0.05) is 19.4 Å². The lowest BCUT2D eigenvalue weighted by Gasteiger charge is -2.36. The molecule has 3 heteroatoms. The van der Waals surface area contributed by atoms with Crippen LogP contribution in [0.4, 0.5) is 0 Å². The zero-order valence-corrected chi connectivity index (χ0v) is 12.2. The van der Waals surface area contributed by atoms with Gasteiger partial charge < -0.3 is 14.8 Å². The van der Waals surface area contributed by atoms with Crippen LogP contribution in [0, 0.1) is 5.92 Å². The van der Waals surface area contributed by atoms with E-state index in [1.54, 1.807) is 14.2 Å². The lowest BCUT2D eigenvalue weighted by molar-refractivity contribution is 0.222. The minimum absolute atomic E-state index is 0.347. The molecular weight excluding hydrogens is 238 g/mol. The SMILES string of the molecule is CCCNC(c1c(OC)cccc1OC)C1CCC1. The van der Waals surface area contributed by atoms with E-state index in [1.165, 1.54) is 24.8 Å². The molecule has 19 heavy (non-hydrogen) atoms. The van der Waals surface area contributed by atoms with Gasteiger partial charge in [0.15, 0.2) is 0 Å². The Kier molecular flexibility index (Phi) is 5.08. The third-order valence-corrected chi connectivity index (χ3v) is 4.01. The maximum absolute atomic E-state index is 5.55. The Labute approximate surface area is 116 Å². The second-order valence-electron chi connectivity index (χ2n) is 5.20. The Balaban J connectivity index is 2.32. The highest BCUT2D eigenvalue weighted by atomic mass is 16.5. The van der Waals surface area contributed by atoms with E-state index in [0.717, 1.165) is 24.5 Å². The van der Waals surface area contributed by atoms with E-state index in [1.807, 2.05) is 18.2 Å². The second-order valence-corrected chi connectivity index (χ2v) is 5.20. The van der Waals surface area contributed by atoms with Crippen molar-refractivity contribution in [3.05, 3.63) is 23.8 Å². The minimum atomic E-state index is 0.347. The maximum atomic E-state index is 5.55. The van der Waals surface area contributed by atoms with E-state index in [-0.39, 0.29) is 0 Å². The Hall–Kier alpha value is -1.22. The standard InChI is InChI=1S/C16H25NO2/c1-4-11-17-16(12-7-5-8-12)15-13(18-2)9-6-10-14(15)19-3/h6,9-10,12,16-17H,4-5,7-8,11H2,1-3H3. The molecule has 0 saturated heterocycles. The van der Waals surface area contributed by atoms with Gasteiger partial charge in [0, 0.05) is 6.04 Å². The molecular formula is C16H25NO2. The number of rotatable bonds is 7. The van der Waals surface area contributed by atoms with Crippen molar-refractivity contribution in [3.8, 4) is 11.5 Å². The average Bonchev–Trinajstić information content (AvgIpc) is 2.40. The minimum Gasteiger partial charge on any atom is -0.496 e. The van der Waals surface area contributed by atoms with Gasteiger partial charge in [-0.15, -0.1) is 0 Å². The summed E-state index contributed by atoms with van der Waals surface area (Å²) in [6.45, 7) is 3.23. The molecule has 106 valence electrons. The van der Waals surface area contributed by atoms with E-state index < -0.39 is 0 Å². The monoisotopic (exact) mass is 263 g/mol. The maximum Gasteiger partial charge on any atom is 0.127 e. The van der Waals surface area contributed by atoms with Gasteiger partial charge in [-0.2, -0.15) is 0 Å². The topological polar surface area (TPSA) is 30.5 Å². The first kappa shape index (κ1) is 14.2. The third kappa shape index (κ3) is 3.03. The Morgan fingerprint density at radius 1 is 1.21 bits per heavy atom. The first-order chi connectivity index (χ1) is 9.31. The molecule has 1 fully saturated rings. The van der Waals surface area contributed by atoms with Crippen LogP contribution in [0.3, 0.4) is 0 Å². The van der Waals surface area contributed by atoms with Crippen LogP contribution in [0.5, 0.6) is 11.5 Å². The number of ether oxygens (including phenoxy) is 2. The summed E-state index contributed by atoms with van der Waals surface area (Å²) >= 11 is 0. The predicted octanol–water partition coefficient (Wildman–Crippen LogP) is 3.54. The molecule has 1 aliphatic rings. The normalized spacial score (nSPS) is 16.8. The molecule has 0 aromatic heterocycles. The van der Waals surface area contributed by atoms with E-state index >= 15 is 0 Å². The molecule has 3 nitrogen and oxygen atoms in total. The van der Waals surface area contributed by atoms with E-state index in [0.29, 0.717) is 12.0 Å². The highest BCUT2D eigenvalue weighted by Crippen LogP contribution is 2.44. The van der Waals surface area contributed by atoms with Crippen LogP contribution in [0.1, 0.15) is 44.2 Å². The fourth-order valence-corrected chi connectivity index (χ4v) is 2.76. The van der Waals surface area contributed by atoms with Gasteiger partial charge >= 0.3 is 0 Å². The predicted molar refractivity (Wildman–Crippen MR) is 77.9 cm³/mol. The van der Waals surface area contributed by atoms with E-state index in [4.69, 9.17) is 9.47 Å². The lowest BCUT2D eigenvalue weighted by atomic mass is 9.76. The van der Waals surface area contributed by atoms with E-state index in [2.05, 4.69) is 12.2 Å². The molecule has 0 radical (unpaired) electrons. The molecule has 1 N–H and O–H groups in total. The fraction of sp³-hybridized carbons (Fsp3) is 0.625. The zero-order valence-electron chi connectivity index (χ0n) is 12.2. The number of nitrogens with one attached hydrogen (secondary N) is 1. The summed E-state index contributed by atoms with van der Waals surface area (Å²) in [5.74, 6) is 2.57. The summed E-state index contributed by atoms with van der Waals surface area (Å²) in [6, 6.07) is 6.38. The highest BCUT2D eigenvalue weighted by molar-refractivity contribution is 5.47. The number of hydrogen-bond acceptors (Lipinski definition) is 3. The summed E-state index contributed by atoms with van der Waals surface area (Å²) in [6.07, 6.45) is 5.07. The van der Waals surface area contributed by atoms with Crippen LogP contribution < -0.4 is 14.8 Å². The summed E-state index contributed by atoms with van der Waals surface area (Å²) in [5, 5.41) is 3.68. The number of benzene rings is 1. The summed E-state index contributed by atoms with van der Waals surface area (Å²) in [4.78, 5) is 0. The van der Waals surface area contributed by atoms with Crippen LogP contribution in [-0.4, -0.2) is 20.8 Å². The van der Waals surface area contributed by atoms with Crippen molar-refractivity contribution in [1.29, 1.82) is 0 Å². The van der Waals surface area contributed by atoms with Crippen LogP contribution in [0.15, 0.2) is 18.2 Å². The smallest absolute Gasteiger partial charge is 0.127 e. The van der Waals surface area contributed by atoms with Crippen molar-refractivity contribution < 1.29 is 9.47 Å². The fourth-order valence-electron chi connectivity index (χ4n) is 2.76. The van der Waals surface area contributed by atoms with Crippen molar-refractivity contribution in [2.45, 2.75) is 38.6 Å². The van der Waals surface area contributed by atoms with Gasteiger partial charge in [0.1, 0.15) is 11.5 Å². The molecule has 0 heterocycles. The van der Waals surface area contributed by atoms with Crippen molar-refractivity contribution in [2.24, 2.45) is 5.92 Å². The third-order valence-electron chi connectivity index (χ3n) is 4.01. The van der Waals surface area contributed by atoms with Crippen molar-refractivity contribution >= 4 is 0 Å². The quantitative estimate of drug-likeness (QED) is 0.816. The molecule has 0 aliphatic heterocycles. The number of methoxy groups -OCH3 is 2. The van der Waals surface area contributed by atoms with Gasteiger partial charge in [0.2, 0.25) is 0 Å².